The van der Waals surface area contributed by atoms with E-state index in [9.17, 15) is 14.7 Å². The summed E-state index contributed by atoms with van der Waals surface area (Å²) in [6.07, 6.45) is 2.60. The van der Waals surface area contributed by atoms with Gasteiger partial charge >= 0.3 is 11.8 Å². The number of aliphatic hydroxyl groups excluding tert-OH is 1. The molecule has 3 N–H and O–H groups in total. The molecule has 2 heterocycles. The predicted molar refractivity (Wildman–Crippen MR) is 107 cm³/mol. The summed E-state index contributed by atoms with van der Waals surface area (Å²) in [6.45, 7) is -0.0603. The molecule has 0 bridgehead atoms. The van der Waals surface area contributed by atoms with Gasteiger partial charge in [0.15, 0.2) is 0 Å². The van der Waals surface area contributed by atoms with Crippen molar-refractivity contribution in [1.29, 1.82) is 0 Å². The van der Waals surface area contributed by atoms with Crippen molar-refractivity contribution in [2.45, 2.75) is 11.0 Å². The van der Waals surface area contributed by atoms with Gasteiger partial charge in [-0.2, -0.15) is 0 Å². The average Bonchev–Trinajstić information content (AvgIpc) is 3.37. The molecular formula is C19H18N2O4S2. The van der Waals surface area contributed by atoms with Crippen LogP contribution in [0.15, 0.2) is 64.1 Å². The van der Waals surface area contributed by atoms with Crippen LogP contribution in [0.3, 0.4) is 0 Å². The van der Waals surface area contributed by atoms with Gasteiger partial charge in [0.25, 0.3) is 0 Å². The second kappa shape index (κ2) is 8.90. The molecule has 0 radical (unpaired) electrons. The summed E-state index contributed by atoms with van der Waals surface area (Å²) in [7, 11) is 0. The van der Waals surface area contributed by atoms with E-state index in [1.54, 1.807) is 48.4 Å². The molecule has 0 spiro atoms. The number of furan rings is 1. The smallest absolute Gasteiger partial charge is 0.313 e. The Kier molecular flexibility index (Phi) is 6.33. The van der Waals surface area contributed by atoms with Gasteiger partial charge in [0, 0.05) is 22.0 Å². The van der Waals surface area contributed by atoms with E-state index in [1.165, 1.54) is 11.3 Å². The van der Waals surface area contributed by atoms with Crippen molar-refractivity contribution in [3.8, 4) is 10.6 Å². The highest BCUT2D eigenvalue weighted by Gasteiger charge is 2.17. The van der Waals surface area contributed by atoms with Gasteiger partial charge in [-0.3, -0.25) is 9.59 Å². The van der Waals surface area contributed by atoms with Gasteiger partial charge in [0.1, 0.15) is 11.9 Å². The van der Waals surface area contributed by atoms with Gasteiger partial charge in [-0.1, -0.05) is 6.07 Å². The van der Waals surface area contributed by atoms with E-state index in [-0.39, 0.29) is 6.54 Å². The summed E-state index contributed by atoms with van der Waals surface area (Å²) in [5.74, 6) is -0.858. The first-order valence-corrected chi connectivity index (χ1v) is 10.2. The number of nitrogens with one attached hydrogen (secondary N) is 2. The molecule has 0 aliphatic rings. The van der Waals surface area contributed by atoms with E-state index in [1.807, 2.05) is 24.5 Å². The number of amides is 2. The molecule has 1 unspecified atom stereocenters. The second-order valence-corrected chi connectivity index (χ2v) is 7.59. The molecule has 0 saturated heterocycles. The molecule has 8 heteroatoms. The number of rotatable bonds is 6. The predicted octanol–water partition coefficient (Wildman–Crippen LogP) is 3.52. The molecule has 27 heavy (non-hydrogen) atoms. The number of carbonyl (C=O) groups excluding carboxylic acids is 2. The number of benzene rings is 1. The molecule has 1 aromatic carbocycles. The Morgan fingerprint density at radius 2 is 2.04 bits per heavy atom. The zero-order chi connectivity index (χ0) is 19.2. The fourth-order valence-electron chi connectivity index (χ4n) is 2.34. The summed E-state index contributed by atoms with van der Waals surface area (Å²) in [5, 5.41) is 15.2. The topological polar surface area (TPSA) is 91.6 Å². The summed E-state index contributed by atoms with van der Waals surface area (Å²) in [5.41, 5.74) is 0.545. The lowest BCUT2D eigenvalue weighted by atomic mass is 10.2. The lowest BCUT2D eigenvalue weighted by Gasteiger charge is -2.10. The highest BCUT2D eigenvalue weighted by molar-refractivity contribution is 7.98. The van der Waals surface area contributed by atoms with Crippen molar-refractivity contribution < 1.29 is 19.1 Å². The number of thiophene rings is 1. The first-order valence-electron chi connectivity index (χ1n) is 8.11. The van der Waals surface area contributed by atoms with Crippen LogP contribution >= 0.6 is 23.1 Å². The first kappa shape index (κ1) is 19.2. The molecule has 3 aromatic rings. The van der Waals surface area contributed by atoms with Crippen LogP contribution in [-0.4, -0.2) is 29.7 Å². The fourth-order valence-corrected chi connectivity index (χ4v) is 3.76. The summed E-state index contributed by atoms with van der Waals surface area (Å²) in [6, 6.07) is 14.4. The first-order chi connectivity index (χ1) is 13.1. The maximum atomic E-state index is 12.0. The van der Waals surface area contributed by atoms with Crippen molar-refractivity contribution in [2.24, 2.45) is 0 Å². The SMILES string of the molecule is CSc1cccc(NC(=O)C(=O)NCC(O)c2ccc(-c3ccco3)s2)c1. The molecule has 140 valence electrons. The number of hydrogen-bond acceptors (Lipinski definition) is 6. The molecule has 0 aliphatic carbocycles. The van der Waals surface area contributed by atoms with Gasteiger partial charge < -0.3 is 20.2 Å². The highest BCUT2D eigenvalue weighted by Crippen LogP contribution is 2.31. The van der Waals surface area contributed by atoms with Crippen molar-refractivity contribution in [2.75, 3.05) is 18.1 Å². The van der Waals surface area contributed by atoms with Crippen LogP contribution < -0.4 is 10.6 Å². The van der Waals surface area contributed by atoms with Gasteiger partial charge in [0.05, 0.1) is 11.1 Å². The van der Waals surface area contributed by atoms with Crippen molar-refractivity contribution in [3.63, 3.8) is 0 Å². The van der Waals surface area contributed by atoms with Crippen LogP contribution in [0.5, 0.6) is 0 Å². The Morgan fingerprint density at radius 3 is 2.78 bits per heavy atom. The Labute approximate surface area is 164 Å². The standard InChI is InChI=1S/C19H18N2O4S2/c1-26-13-5-2-4-12(10-13)21-19(24)18(23)20-11-14(22)16-7-8-17(27-16)15-6-3-9-25-15/h2-10,14,22H,11H2,1H3,(H,20,23)(H,21,24). The average molecular weight is 402 g/mol. The Morgan fingerprint density at radius 1 is 1.19 bits per heavy atom. The third-order valence-corrected chi connectivity index (χ3v) is 5.64. The normalized spacial score (nSPS) is 11.8. The fraction of sp³-hybridized carbons (Fsp3) is 0.158. The quantitative estimate of drug-likeness (QED) is 0.433. The lowest BCUT2D eigenvalue weighted by molar-refractivity contribution is -0.136. The minimum Gasteiger partial charge on any atom is -0.464 e. The number of thioether (sulfide) groups is 1. The van der Waals surface area contributed by atoms with Crippen molar-refractivity contribution in [1.82, 2.24) is 5.32 Å². The van der Waals surface area contributed by atoms with Gasteiger partial charge in [-0.05, 0) is 48.7 Å². The number of anilines is 1. The molecular weight excluding hydrogens is 384 g/mol. The number of hydrogen-bond donors (Lipinski definition) is 3. The molecule has 0 fully saturated rings. The minimum absolute atomic E-state index is 0.0603. The minimum atomic E-state index is -0.907. The molecule has 1 atom stereocenters. The van der Waals surface area contributed by atoms with E-state index in [4.69, 9.17) is 4.42 Å². The summed E-state index contributed by atoms with van der Waals surface area (Å²) >= 11 is 2.91. The van der Waals surface area contributed by atoms with Crippen LogP contribution in [0.25, 0.3) is 10.6 Å². The maximum absolute atomic E-state index is 12.0. The third kappa shape index (κ3) is 5.00. The van der Waals surface area contributed by atoms with E-state index >= 15 is 0 Å². The van der Waals surface area contributed by atoms with Crippen LogP contribution in [-0.2, 0) is 9.59 Å². The van der Waals surface area contributed by atoms with Crippen molar-refractivity contribution >= 4 is 40.6 Å². The molecule has 0 saturated carbocycles. The van der Waals surface area contributed by atoms with Gasteiger partial charge in [-0.25, -0.2) is 0 Å². The van der Waals surface area contributed by atoms with Crippen LogP contribution in [0.2, 0.25) is 0 Å². The largest absolute Gasteiger partial charge is 0.464 e. The molecule has 2 aromatic heterocycles. The van der Waals surface area contributed by atoms with Crippen molar-refractivity contribution in [3.05, 3.63) is 59.7 Å². The van der Waals surface area contributed by atoms with Crippen LogP contribution in [0.4, 0.5) is 5.69 Å². The zero-order valence-corrected chi connectivity index (χ0v) is 16.1. The monoisotopic (exact) mass is 402 g/mol. The van der Waals surface area contributed by atoms with E-state index < -0.39 is 17.9 Å². The Bertz CT molecular complexity index is 921. The molecule has 2 amide bonds. The Balaban J connectivity index is 1.52. The lowest BCUT2D eigenvalue weighted by Crippen LogP contribution is -2.37. The molecule has 6 nitrogen and oxygen atoms in total. The second-order valence-electron chi connectivity index (χ2n) is 5.59. The zero-order valence-electron chi connectivity index (χ0n) is 14.5. The highest BCUT2D eigenvalue weighted by atomic mass is 32.2. The van der Waals surface area contributed by atoms with Gasteiger partial charge in [0.2, 0.25) is 0 Å². The molecule has 3 rings (SSSR count). The third-order valence-electron chi connectivity index (χ3n) is 3.71. The number of carbonyl (C=O) groups is 2. The summed E-state index contributed by atoms with van der Waals surface area (Å²) in [4.78, 5) is 26.5. The Hall–Kier alpha value is -2.55. The maximum Gasteiger partial charge on any atom is 0.313 e. The summed E-state index contributed by atoms with van der Waals surface area (Å²) < 4.78 is 5.32. The van der Waals surface area contributed by atoms with E-state index in [0.717, 1.165) is 9.77 Å². The van der Waals surface area contributed by atoms with Crippen LogP contribution in [0, 0.1) is 0 Å². The number of aliphatic hydroxyl groups is 1. The van der Waals surface area contributed by atoms with E-state index in [0.29, 0.717) is 16.3 Å². The van der Waals surface area contributed by atoms with Gasteiger partial charge in [-0.15, -0.1) is 23.1 Å². The van der Waals surface area contributed by atoms with Crippen LogP contribution in [0.1, 0.15) is 11.0 Å². The van der Waals surface area contributed by atoms with E-state index in [2.05, 4.69) is 10.6 Å². The molecule has 0 aliphatic heterocycles.